The SMILES string of the molecule is NC(C(=O)Nc1cncc(F)c1CCC1CNC2CCCS(=O)(=O)N1C2)C1(c2ccc(Cl)cc2)CCOCC1. The standard InChI is InChI=1S/C27H35ClFN5O4S/c28-19-5-3-18(4-6-19)27(9-11-38-12-10-27)25(30)26(35)33-24-16-31-15-23(29)22(24)8-7-21-14-32-20-2-1-13-39(36,37)34(21)17-20/h3-6,15-16,20-21,25,32H,1-2,7-14,17,30H2,(H,33,35). The molecule has 0 radical (unpaired) electrons. The zero-order valence-corrected chi connectivity index (χ0v) is 23.3. The van der Waals surface area contributed by atoms with Crippen molar-refractivity contribution < 1.29 is 22.3 Å². The minimum Gasteiger partial charge on any atom is -0.381 e. The Morgan fingerprint density at radius 1 is 1.28 bits per heavy atom. The molecule has 212 valence electrons. The Morgan fingerprint density at radius 2 is 2.03 bits per heavy atom. The highest BCUT2D eigenvalue weighted by molar-refractivity contribution is 7.89. The number of benzene rings is 1. The van der Waals surface area contributed by atoms with E-state index < -0.39 is 33.2 Å². The first-order valence-corrected chi connectivity index (χ1v) is 15.4. The third kappa shape index (κ3) is 5.98. The van der Waals surface area contributed by atoms with Crippen LogP contribution >= 0.6 is 11.6 Å². The first-order chi connectivity index (χ1) is 18.7. The average Bonchev–Trinajstić information content (AvgIpc) is 3.04. The number of sulfonamides is 1. The van der Waals surface area contributed by atoms with Gasteiger partial charge in [-0.25, -0.2) is 12.8 Å². The van der Waals surface area contributed by atoms with Gasteiger partial charge in [0, 0.05) is 54.4 Å². The molecule has 0 aliphatic carbocycles. The highest BCUT2D eigenvalue weighted by Gasteiger charge is 2.44. The first-order valence-electron chi connectivity index (χ1n) is 13.5. The molecule has 1 aromatic carbocycles. The number of rotatable bonds is 7. The van der Waals surface area contributed by atoms with Gasteiger partial charge in [-0.05, 0) is 56.2 Å². The van der Waals surface area contributed by atoms with Crippen molar-refractivity contribution in [1.82, 2.24) is 14.6 Å². The molecule has 3 saturated heterocycles. The van der Waals surface area contributed by atoms with E-state index in [2.05, 4.69) is 15.6 Å². The summed E-state index contributed by atoms with van der Waals surface area (Å²) in [6.45, 7) is 1.87. The maximum atomic E-state index is 15.0. The molecule has 1 aromatic heterocycles. The van der Waals surface area contributed by atoms with Crippen LogP contribution in [-0.4, -0.2) is 73.8 Å². The Hall–Kier alpha value is -2.15. The summed E-state index contributed by atoms with van der Waals surface area (Å²) in [6.07, 6.45) is 5.72. The Bertz CT molecular complexity index is 1290. The number of nitrogens with two attached hydrogens (primary N) is 1. The van der Waals surface area contributed by atoms with Crippen molar-refractivity contribution >= 4 is 33.2 Å². The van der Waals surface area contributed by atoms with E-state index in [-0.39, 0.29) is 35.5 Å². The molecule has 0 spiro atoms. The molecule has 1 amide bonds. The molecular weight excluding hydrogens is 545 g/mol. The fourth-order valence-corrected chi connectivity index (χ4v) is 8.07. The zero-order valence-electron chi connectivity index (χ0n) is 21.7. The van der Waals surface area contributed by atoms with E-state index in [1.165, 1.54) is 6.20 Å². The van der Waals surface area contributed by atoms with Gasteiger partial charge in [-0.1, -0.05) is 23.7 Å². The van der Waals surface area contributed by atoms with Gasteiger partial charge >= 0.3 is 0 Å². The summed E-state index contributed by atoms with van der Waals surface area (Å²) in [5.41, 5.74) is 7.39. The van der Waals surface area contributed by atoms with Crippen molar-refractivity contribution in [1.29, 1.82) is 0 Å². The van der Waals surface area contributed by atoms with Gasteiger partial charge < -0.3 is 21.1 Å². The van der Waals surface area contributed by atoms with Gasteiger partial charge in [-0.3, -0.25) is 9.78 Å². The second-order valence-corrected chi connectivity index (χ2v) is 13.2. The number of carbonyl (C=O) groups is 1. The van der Waals surface area contributed by atoms with Gasteiger partial charge in [0.25, 0.3) is 0 Å². The number of piperazine rings is 1. The van der Waals surface area contributed by atoms with Gasteiger partial charge in [-0.2, -0.15) is 4.31 Å². The van der Waals surface area contributed by atoms with E-state index in [0.29, 0.717) is 57.0 Å². The van der Waals surface area contributed by atoms with Crippen LogP contribution in [0.5, 0.6) is 0 Å². The van der Waals surface area contributed by atoms with Crippen molar-refractivity contribution in [3.63, 3.8) is 0 Å². The van der Waals surface area contributed by atoms with Crippen molar-refractivity contribution in [3.05, 3.63) is 58.6 Å². The molecule has 12 heteroatoms. The zero-order chi connectivity index (χ0) is 27.6. The molecule has 4 unspecified atom stereocenters. The van der Waals surface area contributed by atoms with Crippen LogP contribution in [0.1, 0.15) is 43.2 Å². The van der Waals surface area contributed by atoms with Gasteiger partial charge in [0.05, 0.1) is 29.9 Å². The number of fused-ring (bicyclic) bond motifs is 2. The van der Waals surface area contributed by atoms with Crippen LogP contribution in [-0.2, 0) is 31.4 Å². The summed E-state index contributed by atoms with van der Waals surface area (Å²) in [7, 11) is -3.36. The summed E-state index contributed by atoms with van der Waals surface area (Å²) in [4.78, 5) is 17.5. The Labute approximate surface area is 233 Å². The predicted molar refractivity (Wildman–Crippen MR) is 148 cm³/mol. The summed E-state index contributed by atoms with van der Waals surface area (Å²) in [5.74, 6) is -0.872. The van der Waals surface area contributed by atoms with E-state index in [1.54, 1.807) is 16.4 Å². The molecule has 39 heavy (non-hydrogen) atoms. The minimum atomic E-state index is -3.36. The molecule has 3 aliphatic heterocycles. The molecule has 3 aliphatic rings. The number of anilines is 1. The molecule has 4 N–H and O–H groups in total. The van der Waals surface area contributed by atoms with Gasteiger partial charge in [0.15, 0.2) is 0 Å². The monoisotopic (exact) mass is 579 g/mol. The van der Waals surface area contributed by atoms with Crippen molar-refractivity contribution in [2.75, 3.05) is 37.4 Å². The number of hydrogen-bond donors (Lipinski definition) is 3. The van der Waals surface area contributed by atoms with Crippen LogP contribution in [0.4, 0.5) is 10.1 Å². The number of halogens is 2. The number of nitrogens with one attached hydrogen (secondary N) is 2. The van der Waals surface area contributed by atoms with E-state index in [4.69, 9.17) is 22.1 Å². The van der Waals surface area contributed by atoms with E-state index in [0.717, 1.165) is 18.2 Å². The second kappa shape index (κ2) is 11.8. The normalized spacial score (nSPS) is 26.8. The van der Waals surface area contributed by atoms with Crippen molar-refractivity contribution in [2.24, 2.45) is 5.73 Å². The minimum absolute atomic E-state index is 0.130. The number of hydrogen-bond acceptors (Lipinski definition) is 7. The number of carbonyl (C=O) groups excluding carboxylic acids is 1. The highest BCUT2D eigenvalue weighted by atomic mass is 35.5. The highest BCUT2D eigenvalue weighted by Crippen LogP contribution is 2.38. The van der Waals surface area contributed by atoms with E-state index in [9.17, 15) is 13.2 Å². The molecular formula is C27H35ClFN5O4S. The van der Waals surface area contributed by atoms with Crippen LogP contribution in [0.2, 0.25) is 5.02 Å². The Morgan fingerprint density at radius 3 is 2.77 bits per heavy atom. The van der Waals surface area contributed by atoms with Crippen LogP contribution in [0.3, 0.4) is 0 Å². The lowest BCUT2D eigenvalue weighted by molar-refractivity contribution is -0.120. The molecule has 9 nitrogen and oxygen atoms in total. The summed E-state index contributed by atoms with van der Waals surface area (Å²) >= 11 is 6.10. The lowest BCUT2D eigenvalue weighted by Crippen LogP contribution is -2.57. The molecule has 4 atom stereocenters. The molecule has 3 fully saturated rings. The largest absolute Gasteiger partial charge is 0.381 e. The van der Waals surface area contributed by atoms with Crippen LogP contribution < -0.4 is 16.4 Å². The average molecular weight is 580 g/mol. The maximum absolute atomic E-state index is 15.0. The van der Waals surface area contributed by atoms with Crippen LogP contribution in [0.25, 0.3) is 0 Å². The number of ether oxygens (including phenoxy) is 1. The molecule has 5 rings (SSSR count). The fraction of sp³-hybridized carbons (Fsp3) is 0.556. The Balaban J connectivity index is 1.34. The molecule has 4 heterocycles. The molecule has 2 aromatic rings. The second-order valence-electron chi connectivity index (χ2n) is 10.7. The summed E-state index contributed by atoms with van der Waals surface area (Å²) < 4.78 is 47.8. The predicted octanol–water partition coefficient (Wildman–Crippen LogP) is 2.59. The lowest BCUT2D eigenvalue weighted by atomic mass is 9.68. The summed E-state index contributed by atoms with van der Waals surface area (Å²) in [6, 6.07) is 6.25. The van der Waals surface area contributed by atoms with Crippen molar-refractivity contribution in [3.8, 4) is 0 Å². The first kappa shape index (κ1) is 28.4. The summed E-state index contributed by atoms with van der Waals surface area (Å²) in [5, 5.41) is 6.85. The van der Waals surface area contributed by atoms with Crippen LogP contribution in [0, 0.1) is 5.82 Å². The quantitative estimate of drug-likeness (QED) is 0.460. The third-order valence-corrected chi connectivity index (χ3v) is 10.7. The lowest BCUT2D eigenvalue weighted by Gasteiger charge is -2.41. The maximum Gasteiger partial charge on any atom is 0.242 e. The van der Waals surface area contributed by atoms with E-state index in [1.807, 2.05) is 12.1 Å². The molecule has 2 bridgehead atoms. The third-order valence-electron chi connectivity index (χ3n) is 8.43. The van der Waals surface area contributed by atoms with Crippen LogP contribution in [0.15, 0.2) is 36.7 Å². The van der Waals surface area contributed by atoms with E-state index >= 15 is 4.39 Å². The number of pyridine rings is 1. The van der Waals surface area contributed by atoms with Gasteiger partial charge in [-0.15, -0.1) is 0 Å². The molecule has 0 saturated carbocycles. The smallest absolute Gasteiger partial charge is 0.242 e. The topological polar surface area (TPSA) is 127 Å². The van der Waals surface area contributed by atoms with Gasteiger partial charge in [0.1, 0.15) is 5.82 Å². The van der Waals surface area contributed by atoms with Gasteiger partial charge in [0.2, 0.25) is 15.9 Å². The van der Waals surface area contributed by atoms with Crippen molar-refractivity contribution in [2.45, 2.75) is 62.1 Å². The number of amides is 1. The fourth-order valence-electron chi connectivity index (χ4n) is 6.14. The number of aromatic nitrogens is 1. The number of nitrogens with zero attached hydrogens (tertiary/aromatic N) is 2. The Kier molecular flexibility index (Phi) is 8.56.